The summed E-state index contributed by atoms with van der Waals surface area (Å²) >= 11 is 0. The van der Waals surface area contributed by atoms with Crippen LogP contribution < -0.4 is 11.1 Å². The number of carbonyl (C=O) groups is 1. The summed E-state index contributed by atoms with van der Waals surface area (Å²) in [4.78, 5) is 11.9. The third-order valence-corrected chi connectivity index (χ3v) is 2.93. The van der Waals surface area contributed by atoms with Crippen LogP contribution in [0.15, 0.2) is 29.8 Å². The molecule has 3 N–H and O–H groups in total. The SMILES string of the molecule is CCOC(=O)C1=C(c2ccc(N)cc2)NCCC1. The van der Waals surface area contributed by atoms with E-state index in [0.717, 1.165) is 36.2 Å². The minimum absolute atomic E-state index is 0.225. The Morgan fingerprint density at radius 3 is 2.78 bits per heavy atom. The number of hydrogen-bond acceptors (Lipinski definition) is 4. The Bertz CT molecular complexity index is 463. The van der Waals surface area contributed by atoms with Crippen LogP contribution in [0.25, 0.3) is 5.70 Å². The van der Waals surface area contributed by atoms with E-state index in [1.165, 1.54) is 0 Å². The second-order valence-electron chi connectivity index (χ2n) is 4.23. The van der Waals surface area contributed by atoms with E-state index in [1.54, 1.807) is 0 Å². The van der Waals surface area contributed by atoms with Crippen molar-refractivity contribution in [1.29, 1.82) is 0 Å². The van der Waals surface area contributed by atoms with Gasteiger partial charge in [0.1, 0.15) is 0 Å². The zero-order chi connectivity index (χ0) is 13.0. The summed E-state index contributed by atoms with van der Waals surface area (Å²) in [7, 11) is 0. The number of carbonyl (C=O) groups excluding carboxylic acids is 1. The highest BCUT2D eigenvalue weighted by molar-refractivity contribution is 5.97. The normalized spacial score (nSPS) is 15.2. The molecule has 4 nitrogen and oxygen atoms in total. The number of hydrogen-bond donors (Lipinski definition) is 2. The van der Waals surface area contributed by atoms with Crippen LogP contribution in [0.5, 0.6) is 0 Å². The van der Waals surface area contributed by atoms with Crippen LogP contribution in [0, 0.1) is 0 Å². The van der Waals surface area contributed by atoms with Crippen molar-refractivity contribution in [3.63, 3.8) is 0 Å². The fraction of sp³-hybridized carbons (Fsp3) is 0.357. The summed E-state index contributed by atoms with van der Waals surface area (Å²) in [6.07, 6.45) is 1.71. The molecule has 1 aliphatic heterocycles. The number of nitrogen functional groups attached to an aromatic ring is 1. The topological polar surface area (TPSA) is 64.3 Å². The number of esters is 1. The molecule has 0 fully saturated rings. The molecule has 0 unspecified atom stereocenters. The highest BCUT2D eigenvalue weighted by Crippen LogP contribution is 2.24. The molecule has 0 saturated carbocycles. The summed E-state index contributed by atoms with van der Waals surface area (Å²) in [6.45, 7) is 3.09. The maximum absolute atomic E-state index is 11.9. The molecule has 0 bridgehead atoms. The van der Waals surface area contributed by atoms with Gasteiger partial charge in [0.25, 0.3) is 0 Å². The van der Waals surface area contributed by atoms with E-state index in [0.29, 0.717) is 12.3 Å². The second kappa shape index (κ2) is 5.58. The molecule has 1 aliphatic rings. The summed E-state index contributed by atoms with van der Waals surface area (Å²) in [5.74, 6) is -0.225. The minimum atomic E-state index is -0.225. The predicted molar refractivity (Wildman–Crippen MR) is 71.6 cm³/mol. The minimum Gasteiger partial charge on any atom is -0.463 e. The predicted octanol–water partition coefficient (Wildman–Crippen LogP) is 1.93. The highest BCUT2D eigenvalue weighted by atomic mass is 16.5. The second-order valence-corrected chi connectivity index (χ2v) is 4.23. The van der Waals surface area contributed by atoms with E-state index in [-0.39, 0.29) is 5.97 Å². The van der Waals surface area contributed by atoms with E-state index in [9.17, 15) is 4.79 Å². The van der Waals surface area contributed by atoms with Crippen molar-refractivity contribution in [3.05, 3.63) is 35.4 Å². The standard InChI is InChI=1S/C14H18N2O2/c1-2-18-14(17)12-4-3-9-16-13(12)10-5-7-11(15)8-6-10/h5-8,16H,2-4,9,15H2,1H3. The number of nitrogens with two attached hydrogens (primary N) is 1. The van der Waals surface area contributed by atoms with E-state index in [1.807, 2.05) is 31.2 Å². The van der Waals surface area contributed by atoms with Gasteiger partial charge in [0, 0.05) is 12.2 Å². The molecule has 1 aromatic carbocycles. The molecule has 0 aliphatic carbocycles. The van der Waals surface area contributed by atoms with Crippen molar-refractivity contribution in [1.82, 2.24) is 5.32 Å². The smallest absolute Gasteiger partial charge is 0.336 e. The third kappa shape index (κ3) is 2.64. The van der Waals surface area contributed by atoms with Gasteiger partial charge in [-0.1, -0.05) is 12.1 Å². The number of anilines is 1. The lowest BCUT2D eigenvalue weighted by atomic mass is 9.99. The molecule has 0 aromatic heterocycles. The largest absolute Gasteiger partial charge is 0.463 e. The van der Waals surface area contributed by atoms with Gasteiger partial charge in [-0.15, -0.1) is 0 Å². The number of benzene rings is 1. The molecule has 2 rings (SSSR count). The number of rotatable bonds is 3. The van der Waals surface area contributed by atoms with Gasteiger partial charge in [-0.25, -0.2) is 4.79 Å². The fourth-order valence-electron chi connectivity index (χ4n) is 2.06. The van der Waals surface area contributed by atoms with Crippen LogP contribution in [0.2, 0.25) is 0 Å². The van der Waals surface area contributed by atoms with E-state index < -0.39 is 0 Å². The van der Waals surface area contributed by atoms with Crippen molar-refractivity contribution in [2.24, 2.45) is 0 Å². The first kappa shape index (κ1) is 12.5. The molecule has 1 aromatic rings. The molecule has 1 heterocycles. The summed E-state index contributed by atoms with van der Waals surface area (Å²) in [5, 5.41) is 3.28. The van der Waals surface area contributed by atoms with Crippen molar-refractivity contribution in [2.75, 3.05) is 18.9 Å². The Labute approximate surface area is 107 Å². The van der Waals surface area contributed by atoms with Crippen molar-refractivity contribution >= 4 is 17.4 Å². The van der Waals surface area contributed by atoms with Crippen LogP contribution in [0.3, 0.4) is 0 Å². The Balaban J connectivity index is 2.35. The van der Waals surface area contributed by atoms with E-state index in [2.05, 4.69) is 5.32 Å². The Hall–Kier alpha value is -1.97. The first-order valence-corrected chi connectivity index (χ1v) is 6.22. The zero-order valence-corrected chi connectivity index (χ0v) is 10.5. The molecule has 96 valence electrons. The van der Waals surface area contributed by atoms with Crippen molar-refractivity contribution < 1.29 is 9.53 Å². The summed E-state index contributed by atoms with van der Waals surface area (Å²) in [5.41, 5.74) is 8.97. The maximum Gasteiger partial charge on any atom is 0.336 e. The molecule has 0 spiro atoms. The third-order valence-electron chi connectivity index (χ3n) is 2.93. The van der Waals surface area contributed by atoms with Crippen LogP contribution in [-0.4, -0.2) is 19.1 Å². The van der Waals surface area contributed by atoms with Crippen LogP contribution in [0.4, 0.5) is 5.69 Å². The lowest BCUT2D eigenvalue weighted by Crippen LogP contribution is -2.25. The summed E-state index contributed by atoms with van der Waals surface area (Å²) < 4.78 is 5.10. The Morgan fingerprint density at radius 1 is 1.39 bits per heavy atom. The van der Waals surface area contributed by atoms with Crippen LogP contribution in [0.1, 0.15) is 25.3 Å². The summed E-state index contributed by atoms with van der Waals surface area (Å²) in [6, 6.07) is 7.51. The van der Waals surface area contributed by atoms with Gasteiger partial charge < -0.3 is 15.8 Å². The molecule has 4 heteroatoms. The van der Waals surface area contributed by atoms with Gasteiger partial charge in [0.15, 0.2) is 0 Å². The molecule has 0 saturated heterocycles. The van der Waals surface area contributed by atoms with Gasteiger partial charge in [-0.05, 0) is 37.5 Å². The highest BCUT2D eigenvalue weighted by Gasteiger charge is 2.20. The van der Waals surface area contributed by atoms with Crippen LogP contribution >= 0.6 is 0 Å². The molecule has 0 atom stereocenters. The quantitative estimate of drug-likeness (QED) is 0.632. The fourth-order valence-corrected chi connectivity index (χ4v) is 2.06. The van der Waals surface area contributed by atoms with Gasteiger partial charge in [0.2, 0.25) is 0 Å². The van der Waals surface area contributed by atoms with Gasteiger partial charge in [-0.2, -0.15) is 0 Å². The van der Waals surface area contributed by atoms with Crippen LogP contribution in [-0.2, 0) is 9.53 Å². The maximum atomic E-state index is 11.9. The lowest BCUT2D eigenvalue weighted by Gasteiger charge is -2.21. The monoisotopic (exact) mass is 246 g/mol. The lowest BCUT2D eigenvalue weighted by molar-refractivity contribution is -0.138. The first-order chi connectivity index (χ1) is 8.72. The van der Waals surface area contributed by atoms with Crippen molar-refractivity contribution in [2.45, 2.75) is 19.8 Å². The van der Waals surface area contributed by atoms with Gasteiger partial charge >= 0.3 is 5.97 Å². The Morgan fingerprint density at radius 2 is 2.11 bits per heavy atom. The number of ether oxygens (including phenoxy) is 1. The van der Waals surface area contributed by atoms with E-state index in [4.69, 9.17) is 10.5 Å². The molecule has 0 radical (unpaired) electrons. The Kier molecular flexibility index (Phi) is 3.87. The zero-order valence-electron chi connectivity index (χ0n) is 10.5. The molecular weight excluding hydrogens is 228 g/mol. The first-order valence-electron chi connectivity index (χ1n) is 6.22. The van der Waals surface area contributed by atoms with E-state index >= 15 is 0 Å². The average Bonchev–Trinajstić information content (AvgIpc) is 2.40. The molecule has 0 amide bonds. The average molecular weight is 246 g/mol. The van der Waals surface area contributed by atoms with Gasteiger partial charge in [0.05, 0.1) is 17.9 Å². The number of nitrogens with one attached hydrogen (secondary N) is 1. The van der Waals surface area contributed by atoms with Crippen molar-refractivity contribution in [3.8, 4) is 0 Å². The van der Waals surface area contributed by atoms with Gasteiger partial charge in [-0.3, -0.25) is 0 Å². The molecular formula is C14H18N2O2. The molecule has 18 heavy (non-hydrogen) atoms.